The first-order valence-electron chi connectivity index (χ1n) is 7.95. The molecule has 0 spiro atoms. The molecule has 2 aromatic rings. The van der Waals surface area contributed by atoms with Gasteiger partial charge in [-0.25, -0.2) is 9.59 Å². The van der Waals surface area contributed by atoms with Gasteiger partial charge < -0.3 is 19.3 Å². The number of hydrogen-bond donors (Lipinski definition) is 1. The van der Waals surface area contributed by atoms with E-state index in [1.54, 1.807) is 60.7 Å². The van der Waals surface area contributed by atoms with Crippen molar-refractivity contribution in [3.63, 3.8) is 0 Å². The molecule has 1 saturated heterocycles. The molecular formula is C19H18O6. The van der Waals surface area contributed by atoms with Gasteiger partial charge in [-0.2, -0.15) is 0 Å². The zero-order valence-electron chi connectivity index (χ0n) is 13.4. The third-order valence-electron chi connectivity index (χ3n) is 3.82. The van der Waals surface area contributed by atoms with Crippen LogP contribution in [0.25, 0.3) is 0 Å². The van der Waals surface area contributed by atoms with Gasteiger partial charge in [0, 0.05) is 6.42 Å². The van der Waals surface area contributed by atoms with Gasteiger partial charge in [-0.3, -0.25) is 0 Å². The summed E-state index contributed by atoms with van der Waals surface area (Å²) in [5.74, 6) is -1.05. The van der Waals surface area contributed by atoms with E-state index in [1.165, 1.54) is 0 Å². The van der Waals surface area contributed by atoms with E-state index in [9.17, 15) is 14.7 Å². The van der Waals surface area contributed by atoms with Crippen molar-refractivity contribution in [3.8, 4) is 0 Å². The monoisotopic (exact) mass is 342 g/mol. The molecule has 0 aliphatic carbocycles. The highest BCUT2D eigenvalue weighted by molar-refractivity contribution is 5.90. The number of esters is 2. The lowest BCUT2D eigenvalue weighted by molar-refractivity contribution is -0.212. The SMILES string of the molecule is O=C(O[C@@H]1COC(O)[C@H](OC(=O)c2ccccc2)C1)c1ccccc1. The van der Waals surface area contributed by atoms with Crippen LogP contribution in [0.15, 0.2) is 60.7 Å². The van der Waals surface area contributed by atoms with Crippen LogP contribution in [0, 0.1) is 0 Å². The molecule has 0 aromatic heterocycles. The van der Waals surface area contributed by atoms with Gasteiger partial charge in [0.1, 0.15) is 6.10 Å². The molecule has 0 radical (unpaired) electrons. The summed E-state index contributed by atoms with van der Waals surface area (Å²) in [4.78, 5) is 24.2. The largest absolute Gasteiger partial charge is 0.456 e. The highest BCUT2D eigenvalue weighted by Crippen LogP contribution is 2.21. The summed E-state index contributed by atoms with van der Waals surface area (Å²) >= 11 is 0. The fraction of sp³-hybridized carbons (Fsp3) is 0.263. The number of ether oxygens (including phenoxy) is 3. The Morgan fingerprint density at radius 1 is 0.880 bits per heavy atom. The minimum Gasteiger partial charge on any atom is -0.456 e. The van der Waals surface area contributed by atoms with Crippen molar-refractivity contribution in [2.24, 2.45) is 0 Å². The molecule has 130 valence electrons. The van der Waals surface area contributed by atoms with Gasteiger partial charge in [0.15, 0.2) is 12.4 Å². The Kier molecular flexibility index (Phi) is 5.42. The van der Waals surface area contributed by atoms with E-state index in [1.807, 2.05) is 0 Å². The summed E-state index contributed by atoms with van der Waals surface area (Å²) in [7, 11) is 0. The Labute approximate surface area is 144 Å². The van der Waals surface area contributed by atoms with Crippen LogP contribution in [0.1, 0.15) is 27.1 Å². The number of benzene rings is 2. The molecule has 2 aromatic carbocycles. The smallest absolute Gasteiger partial charge is 0.338 e. The quantitative estimate of drug-likeness (QED) is 0.858. The molecule has 6 heteroatoms. The lowest BCUT2D eigenvalue weighted by Crippen LogP contribution is -2.45. The summed E-state index contributed by atoms with van der Waals surface area (Å²) < 4.78 is 15.9. The fourth-order valence-corrected chi connectivity index (χ4v) is 2.52. The van der Waals surface area contributed by atoms with E-state index >= 15 is 0 Å². The zero-order valence-corrected chi connectivity index (χ0v) is 13.4. The van der Waals surface area contributed by atoms with Gasteiger partial charge in [-0.15, -0.1) is 0 Å². The van der Waals surface area contributed by atoms with Crippen LogP contribution in [-0.4, -0.2) is 42.1 Å². The molecule has 1 heterocycles. The second kappa shape index (κ2) is 7.92. The van der Waals surface area contributed by atoms with Gasteiger partial charge in [-0.05, 0) is 24.3 Å². The van der Waals surface area contributed by atoms with Gasteiger partial charge in [0.2, 0.25) is 0 Å². The van der Waals surface area contributed by atoms with Crippen molar-refractivity contribution in [1.29, 1.82) is 0 Å². The molecule has 25 heavy (non-hydrogen) atoms. The summed E-state index contributed by atoms with van der Waals surface area (Å²) in [6, 6.07) is 17.0. The normalized spacial score (nSPS) is 22.8. The Balaban J connectivity index is 1.60. The molecule has 6 nitrogen and oxygen atoms in total. The molecule has 3 atom stereocenters. The molecule has 0 saturated carbocycles. The molecule has 3 rings (SSSR count). The second-order valence-corrected chi connectivity index (χ2v) is 5.66. The molecule has 1 aliphatic rings. The Morgan fingerprint density at radius 2 is 1.40 bits per heavy atom. The minimum atomic E-state index is -1.25. The van der Waals surface area contributed by atoms with Crippen LogP contribution in [0.2, 0.25) is 0 Å². The molecular weight excluding hydrogens is 324 g/mol. The summed E-state index contributed by atoms with van der Waals surface area (Å²) in [5, 5.41) is 9.89. The predicted octanol–water partition coefficient (Wildman–Crippen LogP) is 2.18. The molecule has 0 amide bonds. The highest BCUT2D eigenvalue weighted by atomic mass is 16.7. The van der Waals surface area contributed by atoms with E-state index < -0.39 is 30.4 Å². The maximum atomic E-state index is 12.1. The van der Waals surface area contributed by atoms with Crippen LogP contribution in [0.4, 0.5) is 0 Å². The van der Waals surface area contributed by atoms with E-state index in [0.29, 0.717) is 11.1 Å². The standard InChI is InChI=1S/C19H18O6/c20-17(13-7-3-1-4-8-13)24-15-11-16(19(22)23-12-15)25-18(21)14-9-5-2-6-10-14/h1-10,15-16,19,22H,11-12H2/t15-,16+,19?/m0/s1. The third kappa shape index (κ3) is 4.43. The van der Waals surface area contributed by atoms with Crippen molar-refractivity contribution in [2.45, 2.75) is 24.9 Å². The Morgan fingerprint density at radius 3 is 1.96 bits per heavy atom. The third-order valence-corrected chi connectivity index (χ3v) is 3.82. The molecule has 1 fully saturated rings. The van der Waals surface area contributed by atoms with Crippen LogP contribution in [0.5, 0.6) is 0 Å². The summed E-state index contributed by atoms with van der Waals surface area (Å²) in [6.45, 7) is 0.0408. The van der Waals surface area contributed by atoms with Gasteiger partial charge in [-0.1, -0.05) is 36.4 Å². The molecule has 1 N–H and O–H groups in total. The van der Waals surface area contributed by atoms with Crippen molar-refractivity contribution in [1.82, 2.24) is 0 Å². The number of carbonyl (C=O) groups excluding carboxylic acids is 2. The van der Waals surface area contributed by atoms with E-state index in [0.717, 1.165) is 0 Å². The second-order valence-electron chi connectivity index (χ2n) is 5.66. The first-order chi connectivity index (χ1) is 12.1. The maximum absolute atomic E-state index is 12.1. The van der Waals surface area contributed by atoms with Gasteiger partial charge >= 0.3 is 11.9 Å². The van der Waals surface area contributed by atoms with Crippen molar-refractivity contribution in [2.75, 3.05) is 6.61 Å². The van der Waals surface area contributed by atoms with Crippen LogP contribution >= 0.6 is 0 Å². The number of aliphatic hydroxyl groups excluding tert-OH is 1. The minimum absolute atomic E-state index is 0.0408. The summed E-state index contributed by atoms with van der Waals surface area (Å²) in [5.41, 5.74) is 0.796. The highest BCUT2D eigenvalue weighted by Gasteiger charge is 2.35. The number of aliphatic hydroxyl groups is 1. The molecule has 0 bridgehead atoms. The summed E-state index contributed by atoms with van der Waals surface area (Å²) in [6.07, 6.45) is -2.60. The Bertz CT molecular complexity index is 715. The number of rotatable bonds is 4. The predicted molar refractivity (Wildman–Crippen MR) is 87.9 cm³/mol. The van der Waals surface area contributed by atoms with Gasteiger partial charge in [0.25, 0.3) is 0 Å². The molecule has 1 aliphatic heterocycles. The van der Waals surface area contributed by atoms with E-state index in [2.05, 4.69) is 0 Å². The fourth-order valence-electron chi connectivity index (χ4n) is 2.52. The van der Waals surface area contributed by atoms with Crippen molar-refractivity contribution < 1.29 is 28.9 Å². The average Bonchev–Trinajstić information content (AvgIpc) is 2.66. The lowest BCUT2D eigenvalue weighted by atomic mass is 10.1. The van der Waals surface area contributed by atoms with Crippen LogP contribution in [0.3, 0.4) is 0 Å². The average molecular weight is 342 g/mol. The van der Waals surface area contributed by atoms with Gasteiger partial charge in [0.05, 0.1) is 17.7 Å². The number of hydrogen-bond acceptors (Lipinski definition) is 6. The maximum Gasteiger partial charge on any atom is 0.338 e. The zero-order chi connectivity index (χ0) is 17.6. The first kappa shape index (κ1) is 17.1. The van der Waals surface area contributed by atoms with E-state index in [4.69, 9.17) is 14.2 Å². The first-order valence-corrected chi connectivity index (χ1v) is 7.95. The number of carbonyl (C=O) groups is 2. The van der Waals surface area contributed by atoms with Crippen LogP contribution in [-0.2, 0) is 14.2 Å². The topological polar surface area (TPSA) is 82.1 Å². The van der Waals surface area contributed by atoms with E-state index in [-0.39, 0.29) is 13.0 Å². The lowest BCUT2D eigenvalue weighted by Gasteiger charge is -2.32. The Hall–Kier alpha value is -2.70. The van der Waals surface area contributed by atoms with Crippen molar-refractivity contribution >= 4 is 11.9 Å². The van der Waals surface area contributed by atoms with Crippen molar-refractivity contribution in [3.05, 3.63) is 71.8 Å². The molecule has 1 unspecified atom stereocenters. The van der Waals surface area contributed by atoms with Crippen LogP contribution < -0.4 is 0 Å².